The molecule has 3 N–H and O–H groups in total. The van der Waals surface area contributed by atoms with Crippen molar-refractivity contribution in [3.8, 4) is 0 Å². The number of nitrogens with zero attached hydrogens (tertiary/aromatic N) is 4. The number of hydrogen-bond donors (Lipinski definition) is 2. The van der Waals surface area contributed by atoms with Crippen molar-refractivity contribution in [1.29, 1.82) is 0 Å². The van der Waals surface area contributed by atoms with E-state index in [0.29, 0.717) is 59.7 Å². The Morgan fingerprint density at radius 1 is 1.03 bits per heavy atom. The number of nitrogens with two attached hydrogens (primary N) is 1. The molecule has 1 aromatic carbocycles. The number of hydrogen-bond acceptors (Lipinski definition) is 7. The van der Waals surface area contributed by atoms with E-state index in [1.54, 1.807) is 23.2 Å². The fraction of sp³-hybridized carbons (Fsp3) is 0.231. The molecular formula is C26H27ClN6O2S. The van der Waals surface area contributed by atoms with E-state index in [1.807, 2.05) is 53.4 Å². The van der Waals surface area contributed by atoms with E-state index in [0.717, 1.165) is 5.69 Å². The van der Waals surface area contributed by atoms with Crippen molar-refractivity contribution in [2.75, 3.05) is 38.0 Å². The van der Waals surface area contributed by atoms with Crippen LogP contribution < -0.4 is 11.1 Å². The van der Waals surface area contributed by atoms with Gasteiger partial charge in [0.1, 0.15) is 5.71 Å². The maximum atomic E-state index is 13.3. The molecule has 8 nitrogen and oxygen atoms in total. The van der Waals surface area contributed by atoms with Crippen molar-refractivity contribution in [3.05, 3.63) is 93.7 Å². The quantitative estimate of drug-likeness (QED) is 0.439. The monoisotopic (exact) mass is 522 g/mol. The number of benzene rings is 1. The number of nitrogens with one attached hydrogen (secondary N) is 1. The third-order valence-corrected chi connectivity index (χ3v) is 6.92. The lowest BCUT2D eigenvalue weighted by atomic mass is 10.1. The minimum absolute atomic E-state index is 0.0455. The summed E-state index contributed by atoms with van der Waals surface area (Å²) in [6.45, 7) is 2.40. The Bertz CT molecular complexity index is 1240. The number of pyridine rings is 1. The minimum atomic E-state index is -0.342. The molecule has 0 spiro atoms. The zero-order chi connectivity index (χ0) is 25.3. The Kier molecular flexibility index (Phi) is 8.70. The lowest BCUT2D eigenvalue weighted by Gasteiger charge is -2.37. The molecule has 0 radical (unpaired) electrons. The maximum absolute atomic E-state index is 13.3. The van der Waals surface area contributed by atoms with Crippen LogP contribution in [0.1, 0.15) is 15.4 Å². The summed E-state index contributed by atoms with van der Waals surface area (Å²) in [5.74, 6) is -0.387. The predicted molar refractivity (Wildman–Crippen MR) is 144 cm³/mol. The number of carbonyl (C=O) groups excluding carboxylic acids is 2. The highest BCUT2D eigenvalue weighted by Crippen LogP contribution is 2.23. The number of rotatable bonds is 8. The fourth-order valence-corrected chi connectivity index (χ4v) is 4.89. The Hall–Kier alpha value is -3.69. The van der Waals surface area contributed by atoms with E-state index in [-0.39, 0.29) is 17.5 Å². The standard InChI is InChI=1S/C26H27ClN6O2S/c27-23-10-9-22(36-23)26(35)33-16-14-32(15-17-33)21(18-28)24(25(34)31-20-7-2-1-3-8-20)30-13-11-19-6-4-5-12-29-19/h1-10,12,18H,11,13-17,28H2,(H,31,34). The van der Waals surface area contributed by atoms with Crippen LogP contribution in [0.25, 0.3) is 0 Å². The summed E-state index contributed by atoms with van der Waals surface area (Å²) >= 11 is 7.26. The molecule has 0 unspecified atom stereocenters. The van der Waals surface area contributed by atoms with Crippen LogP contribution in [-0.2, 0) is 11.2 Å². The number of para-hydroxylation sites is 1. The van der Waals surface area contributed by atoms with Crippen molar-refractivity contribution >= 4 is 46.2 Å². The molecule has 0 aliphatic carbocycles. The first-order chi connectivity index (χ1) is 17.5. The molecule has 0 saturated carbocycles. The first kappa shape index (κ1) is 25.4. The fourth-order valence-electron chi connectivity index (χ4n) is 3.88. The van der Waals surface area contributed by atoms with Gasteiger partial charge in [-0.3, -0.25) is 19.6 Å². The van der Waals surface area contributed by atoms with E-state index in [2.05, 4.69) is 15.3 Å². The van der Waals surface area contributed by atoms with Gasteiger partial charge in [-0.2, -0.15) is 0 Å². The topological polar surface area (TPSA) is 104 Å². The first-order valence-corrected chi connectivity index (χ1v) is 12.8. The summed E-state index contributed by atoms with van der Waals surface area (Å²) in [6.07, 6.45) is 3.74. The molecule has 186 valence electrons. The molecule has 1 fully saturated rings. The molecule has 3 aromatic rings. The maximum Gasteiger partial charge on any atom is 0.276 e. The van der Waals surface area contributed by atoms with Crippen LogP contribution >= 0.6 is 22.9 Å². The number of carbonyl (C=O) groups is 2. The molecule has 36 heavy (non-hydrogen) atoms. The second-order valence-electron chi connectivity index (χ2n) is 8.06. The van der Waals surface area contributed by atoms with Gasteiger partial charge in [-0.15, -0.1) is 11.3 Å². The average Bonchev–Trinajstić information content (AvgIpc) is 3.35. The largest absolute Gasteiger partial charge is 0.403 e. The van der Waals surface area contributed by atoms with E-state index in [9.17, 15) is 9.59 Å². The number of anilines is 1. The number of piperazine rings is 1. The smallest absolute Gasteiger partial charge is 0.276 e. The van der Waals surface area contributed by atoms with Gasteiger partial charge < -0.3 is 20.9 Å². The highest BCUT2D eigenvalue weighted by atomic mass is 35.5. The van der Waals surface area contributed by atoms with Crippen LogP contribution in [0.4, 0.5) is 5.69 Å². The minimum Gasteiger partial charge on any atom is -0.403 e. The van der Waals surface area contributed by atoms with Gasteiger partial charge in [0.25, 0.3) is 11.8 Å². The summed E-state index contributed by atoms with van der Waals surface area (Å²) in [4.78, 5) is 39.5. The Balaban J connectivity index is 1.48. The SMILES string of the molecule is NC=C(C(=NCCc1ccccn1)C(=O)Nc1ccccc1)N1CCN(C(=O)c2ccc(Cl)s2)CC1. The second kappa shape index (κ2) is 12.3. The van der Waals surface area contributed by atoms with Crippen molar-refractivity contribution in [1.82, 2.24) is 14.8 Å². The first-order valence-electron chi connectivity index (χ1n) is 11.6. The van der Waals surface area contributed by atoms with Crippen molar-refractivity contribution in [2.24, 2.45) is 10.7 Å². The number of amides is 2. The predicted octanol–water partition coefficient (Wildman–Crippen LogP) is 3.68. The molecular weight excluding hydrogens is 496 g/mol. The lowest BCUT2D eigenvalue weighted by molar-refractivity contribution is -0.110. The number of halogens is 1. The van der Waals surface area contributed by atoms with Crippen LogP contribution in [0.2, 0.25) is 4.34 Å². The molecule has 1 aliphatic heterocycles. The Labute approximate surface area is 219 Å². The zero-order valence-electron chi connectivity index (χ0n) is 19.6. The Morgan fingerprint density at radius 2 is 1.75 bits per heavy atom. The van der Waals surface area contributed by atoms with Gasteiger partial charge in [-0.05, 0) is 36.4 Å². The van der Waals surface area contributed by atoms with Gasteiger partial charge in [-0.25, -0.2) is 0 Å². The Morgan fingerprint density at radius 3 is 2.39 bits per heavy atom. The summed E-state index contributed by atoms with van der Waals surface area (Å²) in [6, 6.07) is 18.4. The zero-order valence-corrected chi connectivity index (χ0v) is 21.2. The summed E-state index contributed by atoms with van der Waals surface area (Å²) in [5.41, 5.74) is 8.39. The van der Waals surface area contributed by atoms with Crippen LogP contribution in [0.5, 0.6) is 0 Å². The molecule has 0 atom stereocenters. The normalized spacial score (nSPS) is 14.6. The van der Waals surface area contributed by atoms with Gasteiger partial charge in [0.2, 0.25) is 0 Å². The van der Waals surface area contributed by atoms with Crippen molar-refractivity contribution < 1.29 is 9.59 Å². The van der Waals surface area contributed by atoms with E-state index in [1.165, 1.54) is 17.5 Å². The van der Waals surface area contributed by atoms with E-state index in [4.69, 9.17) is 17.3 Å². The third kappa shape index (κ3) is 6.50. The van der Waals surface area contributed by atoms with Gasteiger partial charge >= 0.3 is 0 Å². The molecule has 4 rings (SSSR count). The molecule has 3 heterocycles. The molecule has 2 aromatic heterocycles. The highest BCUT2D eigenvalue weighted by molar-refractivity contribution is 7.17. The molecule has 1 saturated heterocycles. The van der Waals surface area contributed by atoms with Crippen LogP contribution in [-0.4, -0.2) is 65.0 Å². The highest BCUT2D eigenvalue weighted by Gasteiger charge is 2.28. The molecule has 0 bridgehead atoms. The van der Waals surface area contributed by atoms with Crippen LogP contribution in [0.15, 0.2) is 83.7 Å². The molecule has 10 heteroatoms. The number of aromatic nitrogens is 1. The third-order valence-electron chi connectivity index (χ3n) is 5.70. The van der Waals surface area contributed by atoms with Crippen LogP contribution in [0, 0.1) is 0 Å². The molecule has 2 amide bonds. The van der Waals surface area contributed by atoms with Gasteiger partial charge in [-0.1, -0.05) is 35.9 Å². The molecule has 1 aliphatic rings. The van der Waals surface area contributed by atoms with Gasteiger partial charge in [0.15, 0.2) is 0 Å². The van der Waals surface area contributed by atoms with E-state index < -0.39 is 0 Å². The second-order valence-corrected chi connectivity index (χ2v) is 9.77. The summed E-state index contributed by atoms with van der Waals surface area (Å²) < 4.78 is 0.585. The van der Waals surface area contributed by atoms with E-state index >= 15 is 0 Å². The van der Waals surface area contributed by atoms with Gasteiger partial charge in [0, 0.05) is 62.9 Å². The van der Waals surface area contributed by atoms with Crippen molar-refractivity contribution in [2.45, 2.75) is 6.42 Å². The van der Waals surface area contributed by atoms with Crippen LogP contribution in [0.3, 0.4) is 0 Å². The van der Waals surface area contributed by atoms with Gasteiger partial charge in [0.05, 0.1) is 14.9 Å². The summed E-state index contributed by atoms with van der Waals surface area (Å²) in [5, 5.41) is 2.91. The number of aliphatic imine (C=N–C) groups is 1. The average molecular weight is 523 g/mol. The summed E-state index contributed by atoms with van der Waals surface area (Å²) in [7, 11) is 0. The number of thiophene rings is 1. The lowest BCUT2D eigenvalue weighted by Crippen LogP contribution is -2.50. The van der Waals surface area contributed by atoms with Crippen molar-refractivity contribution in [3.63, 3.8) is 0 Å².